The number of anilines is 1. The molecule has 1 heterocycles. The molecule has 0 atom stereocenters. The van der Waals surface area contributed by atoms with E-state index in [0.29, 0.717) is 48.7 Å². The SMILES string of the molecule is COc1ccc(N(C(=O)c2ccccc2)C2CCN(Cc3c(F)cccc3F)CC2)cc1OC. The van der Waals surface area contributed by atoms with E-state index in [2.05, 4.69) is 0 Å². The number of likely N-dealkylation sites (tertiary alicyclic amines) is 1. The van der Waals surface area contributed by atoms with Gasteiger partial charge >= 0.3 is 0 Å². The number of amides is 1. The minimum absolute atomic E-state index is 0.0764. The van der Waals surface area contributed by atoms with Gasteiger partial charge in [0, 0.05) is 48.6 Å². The zero-order valence-corrected chi connectivity index (χ0v) is 19.3. The van der Waals surface area contributed by atoms with Gasteiger partial charge in [0.15, 0.2) is 11.5 Å². The highest BCUT2D eigenvalue weighted by molar-refractivity contribution is 6.06. The van der Waals surface area contributed by atoms with Gasteiger partial charge in [0.1, 0.15) is 11.6 Å². The Morgan fingerprint density at radius 1 is 0.912 bits per heavy atom. The van der Waals surface area contributed by atoms with Gasteiger partial charge in [-0.2, -0.15) is 0 Å². The molecule has 3 aromatic rings. The number of nitrogens with zero attached hydrogens (tertiary/aromatic N) is 2. The first-order valence-corrected chi connectivity index (χ1v) is 11.3. The Bertz CT molecular complexity index is 1110. The standard InChI is InChI=1S/C27H28F2N2O3/c1-33-25-12-11-21(17-26(25)34-2)31(27(32)19-7-4-3-5-8-19)20-13-15-30(16-14-20)18-22-23(28)9-6-10-24(22)29/h3-12,17,20H,13-16,18H2,1-2H3. The van der Waals surface area contributed by atoms with Crippen molar-refractivity contribution in [1.82, 2.24) is 4.90 Å². The van der Waals surface area contributed by atoms with Gasteiger partial charge < -0.3 is 14.4 Å². The second-order valence-electron chi connectivity index (χ2n) is 8.29. The van der Waals surface area contributed by atoms with Gasteiger partial charge in [-0.15, -0.1) is 0 Å². The first-order chi connectivity index (χ1) is 16.5. The number of carbonyl (C=O) groups is 1. The molecule has 0 spiro atoms. The van der Waals surface area contributed by atoms with Crippen molar-refractivity contribution in [3.05, 3.63) is 89.5 Å². The Kier molecular flexibility index (Phi) is 7.43. The summed E-state index contributed by atoms with van der Waals surface area (Å²) in [5.41, 5.74) is 1.39. The largest absolute Gasteiger partial charge is 0.493 e. The summed E-state index contributed by atoms with van der Waals surface area (Å²) in [6.45, 7) is 1.43. The van der Waals surface area contributed by atoms with Crippen molar-refractivity contribution in [3.63, 3.8) is 0 Å². The number of benzene rings is 3. The van der Waals surface area contributed by atoms with Crippen LogP contribution in [0.25, 0.3) is 0 Å². The number of ether oxygens (including phenoxy) is 2. The van der Waals surface area contributed by atoms with Gasteiger partial charge in [0.05, 0.1) is 14.2 Å². The van der Waals surface area contributed by atoms with Crippen LogP contribution in [-0.4, -0.2) is 44.2 Å². The second-order valence-corrected chi connectivity index (χ2v) is 8.29. The number of hydrogen-bond acceptors (Lipinski definition) is 4. The van der Waals surface area contributed by atoms with E-state index in [1.165, 1.54) is 18.2 Å². The van der Waals surface area contributed by atoms with Crippen LogP contribution < -0.4 is 14.4 Å². The highest BCUT2D eigenvalue weighted by Crippen LogP contribution is 2.34. The van der Waals surface area contributed by atoms with Crippen LogP contribution in [0.2, 0.25) is 0 Å². The molecule has 1 amide bonds. The summed E-state index contributed by atoms with van der Waals surface area (Å²) in [7, 11) is 3.13. The van der Waals surface area contributed by atoms with E-state index in [1.54, 1.807) is 43.4 Å². The first-order valence-electron chi connectivity index (χ1n) is 11.3. The summed E-state index contributed by atoms with van der Waals surface area (Å²) in [4.78, 5) is 17.4. The van der Waals surface area contributed by atoms with E-state index in [1.807, 2.05) is 29.2 Å². The molecule has 0 N–H and O–H groups in total. The molecule has 0 unspecified atom stereocenters. The molecule has 0 radical (unpaired) electrons. The summed E-state index contributed by atoms with van der Waals surface area (Å²) in [5.74, 6) is -0.0495. The monoisotopic (exact) mass is 466 g/mol. The van der Waals surface area contributed by atoms with Gasteiger partial charge in [0.2, 0.25) is 0 Å². The molecule has 4 rings (SSSR count). The molecule has 1 aliphatic rings. The van der Waals surface area contributed by atoms with E-state index in [-0.39, 0.29) is 24.1 Å². The minimum atomic E-state index is -0.534. The van der Waals surface area contributed by atoms with Gasteiger partial charge in [-0.3, -0.25) is 9.69 Å². The van der Waals surface area contributed by atoms with Crippen LogP contribution in [0.1, 0.15) is 28.8 Å². The van der Waals surface area contributed by atoms with Gasteiger partial charge in [0.25, 0.3) is 5.91 Å². The Hall–Kier alpha value is -3.45. The normalized spacial score (nSPS) is 14.6. The van der Waals surface area contributed by atoms with Crippen LogP contribution in [0, 0.1) is 11.6 Å². The zero-order chi connectivity index (χ0) is 24.1. The van der Waals surface area contributed by atoms with Crippen LogP contribution in [-0.2, 0) is 6.54 Å². The fraction of sp³-hybridized carbons (Fsp3) is 0.296. The van der Waals surface area contributed by atoms with Gasteiger partial charge in [-0.25, -0.2) is 8.78 Å². The van der Waals surface area contributed by atoms with E-state index in [0.717, 1.165) is 0 Å². The van der Waals surface area contributed by atoms with Crippen molar-refractivity contribution in [2.45, 2.75) is 25.4 Å². The topological polar surface area (TPSA) is 42.0 Å². The average Bonchev–Trinajstić information content (AvgIpc) is 2.87. The van der Waals surface area contributed by atoms with E-state index < -0.39 is 11.6 Å². The highest BCUT2D eigenvalue weighted by Gasteiger charge is 2.31. The summed E-state index contributed by atoms with van der Waals surface area (Å²) < 4.78 is 39.1. The average molecular weight is 467 g/mol. The lowest BCUT2D eigenvalue weighted by atomic mass is 10.00. The Morgan fingerprint density at radius 3 is 2.18 bits per heavy atom. The maximum Gasteiger partial charge on any atom is 0.258 e. The van der Waals surface area contributed by atoms with Crippen molar-refractivity contribution >= 4 is 11.6 Å². The first kappa shape index (κ1) is 23.7. The molecule has 0 saturated carbocycles. The number of hydrogen-bond donors (Lipinski definition) is 0. The van der Waals surface area contributed by atoms with Crippen LogP contribution in [0.4, 0.5) is 14.5 Å². The molecule has 178 valence electrons. The highest BCUT2D eigenvalue weighted by atomic mass is 19.1. The third kappa shape index (κ3) is 5.04. The summed E-state index contributed by atoms with van der Waals surface area (Å²) in [6, 6.07) is 18.4. The number of methoxy groups -OCH3 is 2. The lowest BCUT2D eigenvalue weighted by Crippen LogP contribution is -2.47. The zero-order valence-electron chi connectivity index (χ0n) is 19.3. The molecule has 5 nitrogen and oxygen atoms in total. The molecule has 1 fully saturated rings. The number of rotatable bonds is 7. The molecule has 7 heteroatoms. The van der Waals surface area contributed by atoms with Crippen LogP contribution in [0.15, 0.2) is 66.7 Å². The van der Waals surface area contributed by atoms with Crippen LogP contribution in [0.3, 0.4) is 0 Å². The summed E-state index contributed by atoms with van der Waals surface area (Å²) >= 11 is 0. The molecule has 1 aliphatic heterocycles. The minimum Gasteiger partial charge on any atom is -0.493 e. The fourth-order valence-corrected chi connectivity index (χ4v) is 4.43. The van der Waals surface area contributed by atoms with Crippen LogP contribution in [0.5, 0.6) is 11.5 Å². The predicted molar refractivity (Wildman–Crippen MR) is 127 cm³/mol. The quantitative estimate of drug-likeness (QED) is 0.474. The maximum absolute atomic E-state index is 14.1. The lowest BCUT2D eigenvalue weighted by molar-refractivity contribution is 0.0958. The smallest absolute Gasteiger partial charge is 0.258 e. The third-order valence-corrected chi connectivity index (χ3v) is 6.25. The molecule has 3 aromatic carbocycles. The Balaban J connectivity index is 1.57. The lowest BCUT2D eigenvalue weighted by Gasteiger charge is -2.39. The Morgan fingerprint density at radius 2 is 1.56 bits per heavy atom. The molecular weight excluding hydrogens is 438 g/mol. The van der Waals surface area contributed by atoms with E-state index >= 15 is 0 Å². The van der Waals surface area contributed by atoms with Gasteiger partial charge in [-0.05, 0) is 49.2 Å². The maximum atomic E-state index is 14.1. The third-order valence-electron chi connectivity index (χ3n) is 6.25. The molecule has 0 aromatic heterocycles. The fourth-order valence-electron chi connectivity index (χ4n) is 4.43. The molecule has 34 heavy (non-hydrogen) atoms. The molecule has 0 aliphatic carbocycles. The van der Waals surface area contributed by atoms with Crippen molar-refractivity contribution in [2.24, 2.45) is 0 Å². The second kappa shape index (κ2) is 10.7. The number of carbonyl (C=O) groups excluding carboxylic acids is 1. The van der Waals surface area contributed by atoms with Gasteiger partial charge in [-0.1, -0.05) is 24.3 Å². The number of halogens is 2. The predicted octanol–water partition coefficient (Wildman–Crippen LogP) is 5.29. The summed E-state index contributed by atoms with van der Waals surface area (Å²) in [6.07, 6.45) is 1.34. The molecular formula is C27H28F2N2O3. The number of piperidine rings is 1. The van der Waals surface area contributed by atoms with E-state index in [9.17, 15) is 13.6 Å². The van der Waals surface area contributed by atoms with Crippen molar-refractivity contribution in [3.8, 4) is 11.5 Å². The molecule has 0 bridgehead atoms. The van der Waals surface area contributed by atoms with Crippen LogP contribution >= 0.6 is 0 Å². The van der Waals surface area contributed by atoms with Crippen molar-refractivity contribution in [1.29, 1.82) is 0 Å². The summed E-state index contributed by atoms with van der Waals surface area (Å²) in [5, 5.41) is 0. The van der Waals surface area contributed by atoms with Crippen molar-refractivity contribution in [2.75, 3.05) is 32.2 Å². The Labute approximate surface area is 198 Å². The molecule has 1 saturated heterocycles. The van der Waals surface area contributed by atoms with Crippen molar-refractivity contribution < 1.29 is 23.0 Å². The van der Waals surface area contributed by atoms with E-state index in [4.69, 9.17) is 9.47 Å².